The lowest BCUT2D eigenvalue weighted by Crippen LogP contribution is -2.42. The van der Waals surface area contributed by atoms with Gasteiger partial charge in [0.05, 0.1) is 18.0 Å². The SMILES string of the molecule is CCOc1ccc(C(=O)C2=C3C(=O)N(c4ccccc4)c4ccccc4N3C(=O)C2=O)cc1. The van der Waals surface area contributed by atoms with Crippen LogP contribution in [-0.4, -0.2) is 30.0 Å². The predicted molar refractivity (Wildman–Crippen MR) is 121 cm³/mol. The van der Waals surface area contributed by atoms with E-state index in [9.17, 15) is 19.2 Å². The van der Waals surface area contributed by atoms with Crippen molar-refractivity contribution in [3.8, 4) is 5.75 Å². The summed E-state index contributed by atoms with van der Waals surface area (Å²) in [6.07, 6.45) is 0. The topological polar surface area (TPSA) is 84.0 Å². The van der Waals surface area contributed by atoms with E-state index in [0.717, 1.165) is 4.90 Å². The number of carbonyl (C=O) groups excluding carboxylic acids is 4. The van der Waals surface area contributed by atoms with Gasteiger partial charge >= 0.3 is 5.91 Å². The second-order valence-electron chi connectivity index (χ2n) is 7.44. The lowest BCUT2D eigenvalue weighted by atomic mass is 9.98. The van der Waals surface area contributed by atoms with Crippen LogP contribution in [0.25, 0.3) is 0 Å². The minimum atomic E-state index is -0.998. The van der Waals surface area contributed by atoms with Crippen LogP contribution in [0.2, 0.25) is 0 Å². The number of ether oxygens (including phenoxy) is 1. The smallest absolute Gasteiger partial charge is 0.304 e. The van der Waals surface area contributed by atoms with Crippen LogP contribution < -0.4 is 14.5 Å². The molecule has 7 nitrogen and oxygen atoms in total. The molecular formula is C26H18N2O5. The summed E-state index contributed by atoms with van der Waals surface area (Å²) in [7, 11) is 0. The van der Waals surface area contributed by atoms with E-state index in [1.54, 1.807) is 60.7 Å². The minimum Gasteiger partial charge on any atom is -0.494 e. The van der Waals surface area contributed by atoms with Gasteiger partial charge in [-0.2, -0.15) is 0 Å². The number of anilines is 3. The van der Waals surface area contributed by atoms with Gasteiger partial charge in [0.25, 0.3) is 11.7 Å². The molecule has 0 atom stereocenters. The van der Waals surface area contributed by atoms with Crippen molar-refractivity contribution in [2.45, 2.75) is 6.92 Å². The molecule has 3 aromatic rings. The number of rotatable bonds is 5. The lowest BCUT2D eigenvalue weighted by molar-refractivity contribution is -0.132. The first-order chi connectivity index (χ1) is 16.0. The van der Waals surface area contributed by atoms with E-state index in [1.807, 2.05) is 13.0 Å². The lowest BCUT2D eigenvalue weighted by Gasteiger charge is -2.35. The average Bonchev–Trinajstić information content (AvgIpc) is 3.11. The molecule has 0 spiro atoms. The summed E-state index contributed by atoms with van der Waals surface area (Å²) < 4.78 is 5.40. The highest BCUT2D eigenvalue weighted by molar-refractivity contribution is 6.60. The number of nitrogens with zero attached hydrogens (tertiary/aromatic N) is 2. The first-order valence-electron chi connectivity index (χ1n) is 10.4. The number of amides is 2. The molecule has 2 heterocycles. The maximum Gasteiger partial charge on any atom is 0.304 e. The average molecular weight is 438 g/mol. The number of hydrogen-bond acceptors (Lipinski definition) is 5. The number of carbonyl (C=O) groups is 4. The maximum absolute atomic E-state index is 13.7. The Morgan fingerprint density at radius 1 is 0.758 bits per heavy atom. The molecule has 162 valence electrons. The number of hydrogen-bond donors (Lipinski definition) is 0. The van der Waals surface area contributed by atoms with Crippen molar-refractivity contribution in [1.29, 1.82) is 0 Å². The van der Waals surface area contributed by atoms with Gasteiger partial charge in [0.1, 0.15) is 17.0 Å². The summed E-state index contributed by atoms with van der Waals surface area (Å²) >= 11 is 0. The van der Waals surface area contributed by atoms with Crippen LogP contribution in [0, 0.1) is 0 Å². The summed E-state index contributed by atoms with van der Waals surface area (Å²) in [5.74, 6) is -2.65. The molecule has 0 saturated heterocycles. The molecule has 7 heteroatoms. The Bertz CT molecular complexity index is 1340. The molecule has 0 saturated carbocycles. The molecule has 2 amide bonds. The number of fused-ring (bicyclic) bond motifs is 3. The third-order valence-electron chi connectivity index (χ3n) is 5.52. The molecule has 0 fully saturated rings. The fourth-order valence-electron chi connectivity index (χ4n) is 4.08. The fourth-order valence-corrected chi connectivity index (χ4v) is 4.08. The Morgan fingerprint density at radius 3 is 2.00 bits per heavy atom. The van der Waals surface area contributed by atoms with Crippen molar-refractivity contribution < 1.29 is 23.9 Å². The van der Waals surface area contributed by atoms with Crippen LogP contribution in [0.1, 0.15) is 17.3 Å². The van der Waals surface area contributed by atoms with Gasteiger partial charge in [-0.1, -0.05) is 30.3 Å². The van der Waals surface area contributed by atoms with Gasteiger partial charge in [-0.3, -0.25) is 29.0 Å². The molecule has 0 radical (unpaired) electrons. The maximum atomic E-state index is 13.7. The molecule has 2 aliphatic rings. The largest absolute Gasteiger partial charge is 0.494 e. The third-order valence-corrected chi connectivity index (χ3v) is 5.52. The zero-order chi connectivity index (χ0) is 23.1. The van der Waals surface area contributed by atoms with Crippen molar-refractivity contribution in [3.63, 3.8) is 0 Å². The van der Waals surface area contributed by atoms with E-state index in [1.165, 1.54) is 17.0 Å². The summed E-state index contributed by atoms with van der Waals surface area (Å²) in [4.78, 5) is 55.5. The quantitative estimate of drug-likeness (QED) is 0.344. The van der Waals surface area contributed by atoms with Crippen LogP contribution >= 0.6 is 0 Å². The normalized spacial score (nSPS) is 15.0. The Balaban J connectivity index is 1.69. The highest BCUT2D eigenvalue weighted by Gasteiger charge is 2.50. The van der Waals surface area contributed by atoms with Crippen molar-refractivity contribution in [2.75, 3.05) is 16.4 Å². The molecule has 33 heavy (non-hydrogen) atoms. The van der Waals surface area contributed by atoms with E-state index in [4.69, 9.17) is 4.74 Å². The molecule has 0 aliphatic carbocycles. The summed E-state index contributed by atoms with van der Waals surface area (Å²) in [5.41, 5.74) is 0.900. The van der Waals surface area contributed by atoms with Gasteiger partial charge in [-0.15, -0.1) is 0 Å². The third kappa shape index (κ3) is 3.13. The molecule has 0 N–H and O–H groups in total. The van der Waals surface area contributed by atoms with Crippen LogP contribution in [-0.2, 0) is 14.4 Å². The van der Waals surface area contributed by atoms with Gasteiger partial charge in [-0.25, -0.2) is 0 Å². The monoisotopic (exact) mass is 438 g/mol. The van der Waals surface area contributed by atoms with Gasteiger partial charge in [0, 0.05) is 11.3 Å². The standard InChI is InChI=1S/C26H18N2O5/c1-2-33-18-14-12-16(13-15-18)23(29)21-22-25(31)27(17-8-4-3-5-9-17)19-10-6-7-11-20(19)28(22)26(32)24(21)30/h3-15H,2H2,1H3. The second kappa shape index (κ2) is 7.87. The van der Waals surface area contributed by atoms with Crippen molar-refractivity contribution >= 4 is 40.4 Å². The molecule has 0 aromatic heterocycles. The van der Waals surface area contributed by atoms with Gasteiger partial charge in [-0.05, 0) is 55.5 Å². The minimum absolute atomic E-state index is 0.182. The zero-order valence-corrected chi connectivity index (χ0v) is 17.6. The van der Waals surface area contributed by atoms with Crippen LogP contribution in [0.15, 0.2) is 90.1 Å². The van der Waals surface area contributed by atoms with Gasteiger partial charge in [0.2, 0.25) is 0 Å². The molecular weight excluding hydrogens is 420 g/mol. The van der Waals surface area contributed by atoms with Crippen molar-refractivity contribution in [1.82, 2.24) is 0 Å². The summed E-state index contributed by atoms with van der Waals surface area (Å²) in [6.45, 7) is 2.31. The zero-order valence-electron chi connectivity index (χ0n) is 17.6. The molecule has 0 unspecified atom stereocenters. The van der Waals surface area contributed by atoms with E-state index in [0.29, 0.717) is 29.4 Å². The van der Waals surface area contributed by atoms with Crippen molar-refractivity contribution in [3.05, 3.63) is 95.7 Å². The summed E-state index contributed by atoms with van der Waals surface area (Å²) in [5, 5.41) is 0. The first kappa shape index (κ1) is 20.4. The highest BCUT2D eigenvalue weighted by atomic mass is 16.5. The number of Topliss-reactive ketones (excluding diaryl/α,β-unsaturated/α-hetero) is 2. The van der Waals surface area contributed by atoms with Crippen molar-refractivity contribution in [2.24, 2.45) is 0 Å². The summed E-state index contributed by atoms with van der Waals surface area (Å²) in [6, 6.07) is 21.9. The van der Waals surface area contributed by atoms with E-state index < -0.39 is 29.0 Å². The Morgan fingerprint density at radius 2 is 1.36 bits per heavy atom. The first-order valence-corrected chi connectivity index (χ1v) is 10.4. The van der Waals surface area contributed by atoms with Crippen LogP contribution in [0.4, 0.5) is 17.1 Å². The van der Waals surface area contributed by atoms with E-state index in [2.05, 4.69) is 0 Å². The highest BCUT2D eigenvalue weighted by Crippen LogP contribution is 2.45. The predicted octanol–water partition coefficient (Wildman–Crippen LogP) is 3.82. The number of ketones is 2. The van der Waals surface area contributed by atoms with Gasteiger partial charge in [0.15, 0.2) is 5.78 Å². The van der Waals surface area contributed by atoms with Crippen LogP contribution in [0.3, 0.4) is 0 Å². The van der Waals surface area contributed by atoms with E-state index >= 15 is 0 Å². The Labute approximate surface area is 189 Å². The van der Waals surface area contributed by atoms with Gasteiger partial charge < -0.3 is 4.74 Å². The number of benzene rings is 3. The molecule has 3 aromatic carbocycles. The number of para-hydroxylation sites is 3. The molecule has 0 bridgehead atoms. The second-order valence-corrected chi connectivity index (χ2v) is 7.44. The Hall–Kier alpha value is -4.52. The molecule has 5 rings (SSSR count). The Kier molecular flexibility index (Phi) is 4.86. The van der Waals surface area contributed by atoms with E-state index in [-0.39, 0.29) is 11.3 Å². The fraction of sp³-hybridized carbons (Fsp3) is 0.0769. The van der Waals surface area contributed by atoms with Crippen LogP contribution in [0.5, 0.6) is 5.75 Å². The molecule has 2 aliphatic heterocycles.